The van der Waals surface area contributed by atoms with E-state index in [1.54, 1.807) is 11.3 Å². The molecular formula is C10H9N5S2. The van der Waals surface area contributed by atoms with Crippen LogP contribution in [-0.4, -0.2) is 20.2 Å². The Kier molecular flexibility index (Phi) is 2.41. The number of anilines is 1. The number of hydrogen-bond donors (Lipinski definition) is 2. The molecule has 0 atom stereocenters. The van der Waals surface area contributed by atoms with E-state index in [2.05, 4.69) is 20.2 Å². The Hall–Kier alpha value is -1.73. The van der Waals surface area contributed by atoms with E-state index in [9.17, 15) is 0 Å². The smallest absolute Gasteiger partial charge is 0.191 e. The van der Waals surface area contributed by atoms with Crippen molar-refractivity contribution in [1.29, 1.82) is 0 Å². The van der Waals surface area contributed by atoms with Gasteiger partial charge >= 0.3 is 0 Å². The third-order valence-electron chi connectivity index (χ3n) is 2.26. The maximum Gasteiger partial charge on any atom is 0.191 e. The van der Waals surface area contributed by atoms with Crippen LogP contribution in [0.15, 0.2) is 17.5 Å². The number of aromatic nitrogens is 4. The molecule has 5 nitrogen and oxygen atoms in total. The standard InChI is InChI=1S/C10H9N5S2/c1-5-7(17-10(11)12-5)9-13-8(14-15-9)6-3-2-4-16-6/h2-4H,1H3,(H2,11,12)(H,13,14,15). The summed E-state index contributed by atoms with van der Waals surface area (Å²) in [6, 6.07) is 3.97. The minimum absolute atomic E-state index is 0.548. The average molecular weight is 263 g/mol. The summed E-state index contributed by atoms with van der Waals surface area (Å²) >= 11 is 3.03. The number of rotatable bonds is 2. The summed E-state index contributed by atoms with van der Waals surface area (Å²) < 4.78 is 0. The van der Waals surface area contributed by atoms with Crippen LogP contribution < -0.4 is 5.73 Å². The van der Waals surface area contributed by atoms with Crippen LogP contribution >= 0.6 is 22.7 Å². The first-order valence-electron chi connectivity index (χ1n) is 4.93. The number of nitrogens with two attached hydrogens (primary N) is 1. The molecular weight excluding hydrogens is 254 g/mol. The van der Waals surface area contributed by atoms with Crippen LogP contribution in [-0.2, 0) is 0 Å². The lowest BCUT2D eigenvalue weighted by Gasteiger charge is -1.89. The molecule has 3 heterocycles. The number of thiophene rings is 1. The zero-order valence-corrected chi connectivity index (χ0v) is 10.6. The van der Waals surface area contributed by atoms with Crippen molar-refractivity contribution < 1.29 is 0 Å². The molecule has 0 aliphatic carbocycles. The van der Waals surface area contributed by atoms with Crippen molar-refractivity contribution in [3.63, 3.8) is 0 Å². The van der Waals surface area contributed by atoms with Gasteiger partial charge in [0.15, 0.2) is 16.8 Å². The molecule has 3 aromatic heterocycles. The topological polar surface area (TPSA) is 80.5 Å². The van der Waals surface area contributed by atoms with E-state index < -0.39 is 0 Å². The summed E-state index contributed by atoms with van der Waals surface area (Å²) in [5.74, 6) is 1.43. The first-order valence-corrected chi connectivity index (χ1v) is 6.63. The normalized spacial score (nSPS) is 10.9. The van der Waals surface area contributed by atoms with Gasteiger partial charge in [-0.25, -0.2) is 9.97 Å². The molecule has 0 saturated carbocycles. The molecule has 0 saturated heterocycles. The fourth-order valence-corrected chi connectivity index (χ4v) is 2.95. The van der Waals surface area contributed by atoms with Crippen LogP contribution in [0.25, 0.3) is 21.4 Å². The third kappa shape index (κ3) is 1.83. The highest BCUT2D eigenvalue weighted by Crippen LogP contribution is 2.30. The highest BCUT2D eigenvalue weighted by molar-refractivity contribution is 7.18. The Labute approximate surface area is 105 Å². The van der Waals surface area contributed by atoms with Crippen LogP contribution in [0.1, 0.15) is 5.69 Å². The summed E-state index contributed by atoms with van der Waals surface area (Å²) in [6.07, 6.45) is 0. The molecule has 0 unspecified atom stereocenters. The van der Waals surface area contributed by atoms with Crippen LogP contribution in [0, 0.1) is 6.92 Å². The van der Waals surface area contributed by atoms with Gasteiger partial charge in [-0.1, -0.05) is 17.4 Å². The van der Waals surface area contributed by atoms with Crippen molar-refractivity contribution in [3.05, 3.63) is 23.2 Å². The van der Waals surface area contributed by atoms with E-state index in [4.69, 9.17) is 5.73 Å². The van der Waals surface area contributed by atoms with Gasteiger partial charge in [0, 0.05) is 0 Å². The van der Waals surface area contributed by atoms with E-state index in [0.29, 0.717) is 11.0 Å². The highest BCUT2D eigenvalue weighted by Gasteiger charge is 2.13. The van der Waals surface area contributed by atoms with Gasteiger partial charge in [-0.15, -0.1) is 11.3 Å². The largest absolute Gasteiger partial charge is 0.375 e. The number of aromatic amines is 1. The Balaban J connectivity index is 2.03. The van der Waals surface area contributed by atoms with Gasteiger partial charge in [0.05, 0.1) is 15.4 Å². The Morgan fingerprint density at radius 1 is 1.35 bits per heavy atom. The highest BCUT2D eigenvalue weighted by atomic mass is 32.1. The lowest BCUT2D eigenvalue weighted by Crippen LogP contribution is -1.82. The summed E-state index contributed by atoms with van der Waals surface area (Å²) in [6.45, 7) is 1.91. The van der Waals surface area contributed by atoms with E-state index in [1.807, 2.05) is 24.4 Å². The van der Waals surface area contributed by atoms with Crippen molar-refractivity contribution in [3.8, 4) is 21.4 Å². The minimum Gasteiger partial charge on any atom is -0.375 e. The van der Waals surface area contributed by atoms with Gasteiger partial charge in [-0.3, -0.25) is 5.10 Å². The molecule has 0 amide bonds. The van der Waals surface area contributed by atoms with Crippen molar-refractivity contribution in [1.82, 2.24) is 20.2 Å². The Bertz CT molecular complexity index is 638. The summed E-state index contributed by atoms with van der Waals surface area (Å²) in [5, 5.41) is 9.67. The molecule has 3 N–H and O–H groups in total. The second-order valence-electron chi connectivity index (χ2n) is 3.45. The molecule has 0 fully saturated rings. The summed E-state index contributed by atoms with van der Waals surface area (Å²) in [4.78, 5) is 10.6. The molecule has 3 aromatic rings. The number of nitrogen functional groups attached to an aromatic ring is 1. The van der Waals surface area contributed by atoms with E-state index in [0.717, 1.165) is 21.3 Å². The first-order chi connectivity index (χ1) is 8.24. The summed E-state index contributed by atoms with van der Waals surface area (Å²) in [5.41, 5.74) is 6.54. The average Bonchev–Trinajstić information content (AvgIpc) is 2.97. The second kappa shape index (κ2) is 3.94. The van der Waals surface area contributed by atoms with Gasteiger partial charge in [-0.2, -0.15) is 5.10 Å². The van der Waals surface area contributed by atoms with Crippen molar-refractivity contribution in [2.75, 3.05) is 5.73 Å². The predicted molar refractivity (Wildman–Crippen MR) is 70.0 cm³/mol. The van der Waals surface area contributed by atoms with Gasteiger partial charge in [-0.05, 0) is 18.4 Å². The second-order valence-corrected chi connectivity index (χ2v) is 5.43. The lowest BCUT2D eigenvalue weighted by molar-refractivity contribution is 1.10. The van der Waals surface area contributed by atoms with Gasteiger partial charge in [0.2, 0.25) is 0 Å². The van der Waals surface area contributed by atoms with Crippen LogP contribution in [0.5, 0.6) is 0 Å². The first kappa shape index (κ1) is 10.4. The molecule has 0 aliphatic rings. The van der Waals surface area contributed by atoms with Gasteiger partial charge in [0.1, 0.15) is 0 Å². The minimum atomic E-state index is 0.548. The molecule has 0 radical (unpaired) electrons. The van der Waals surface area contributed by atoms with Crippen molar-refractivity contribution >= 4 is 27.8 Å². The lowest BCUT2D eigenvalue weighted by atomic mass is 10.4. The van der Waals surface area contributed by atoms with Crippen LogP contribution in [0.4, 0.5) is 5.13 Å². The zero-order valence-electron chi connectivity index (χ0n) is 8.97. The number of aryl methyl sites for hydroxylation is 1. The van der Waals surface area contributed by atoms with E-state index in [1.165, 1.54) is 11.3 Å². The number of nitrogens with one attached hydrogen (secondary N) is 1. The fourth-order valence-electron chi connectivity index (χ4n) is 1.52. The monoisotopic (exact) mass is 263 g/mol. The fraction of sp³-hybridized carbons (Fsp3) is 0.100. The van der Waals surface area contributed by atoms with Gasteiger partial charge in [0.25, 0.3) is 0 Å². The quantitative estimate of drug-likeness (QED) is 0.744. The molecule has 0 aliphatic heterocycles. The van der Waals surface area contributed by atoms with Crippen molar-refractivity contribution in [2.24, 2.45) is 0 Å². The molecule has 7 heteroatoms. The van der Waals surface area contributed by atoms with Gasteiger partial charge < -0.3 is 5.73 Å². The van der Waals surface area contributed by atoms with Crippen LogP contribution in [0.3, 0.4) is 0 Å². The maximum absolute atomic E-state index is 5.67. The van der Waals surface area contributed by atoms with E-state index >= 15 is 0 Å². The number of hydrogen-bond acceptors (Lipinski definition) is 6. The predicted octanol–water partition coefficient (Wildman–Crippen LogP) is 2.55. The molecule has 3 rings (SSSR count). The molecule has 0 bridgehead atoms. The zero-order chi connectivity index (χ0) is 11.8. The Morgan fingerprint density at radius 2 is 2.24 bits per heavy atom. The molecule has 86 valence electrons. The summed E-state index contributed by atoms with van der Waals surface area (Å²) in [7, 11) is 0. The SMILES string of the molecule is Cc1nc(N)sc1-c1nc(-c2cccs2)n[nH]1. The third-order valence-corrected chi connectivity index (χ3v) is 4.11. The molecule has 0 aromatic carbocycles. The molecule has 17 heavy (non-hydrogen) atoms. The number of nitrogens with zero attached hydrogens (tertiary/aromatic N) is 3. The van der Waals surface area contributed by atoms with Crippen LogP contribution in [0.2, 0.25) is 0 Å². The number of thiazole rings is 1. The van der Waals surface area contributed by atoms with Crippen molar-refractivity contribution in [2.45, 2.75) is 6.92 Å². The maximum atomic E-state index is 5.67. The number of H-pyrrole nitrogens is 1. The molecule has 0 spiro atoms. The van der Waals surface area contributed by atoms with E-state index in [-0.39, 0.29) is 0 Å². The Morgan fingerprint density at radius 3 is 2.88 bits per heavy atom.